The van der Waals surface area contributed by atoms with Crippen LogP contribution in [0.3, 0.4) is 0 Å². The second kappa shape index (κ2) is 7.72. The fourth-order valence-corrected chi connectivity index (χ4v) is 7.52. The Labute approximate surface area is 176 Å². The van der Waals surface area contributed by atoms with Crippen molar-refractivity contribution >= 4 is 65.6 Å². The molecule has 0 saturated carbocycles. The van der Waals surface area contributed by atoms with Crippen molar-refractivity contribution < 1.29 is 13.2 Å². The fourth-order valence-electron chi connectivity index (χ4n) is 3.28. The molecule has 1 saturated heterocycles. The maximum atomic E-state index is 13.0. The largest absolute Gasteiger partial charge is 0.301 e. The summed E-state index contributed by atoms with van der Waals surface area (Å²) in [4.78, 5) is 17.4. The van der Waals surface area contributed by atoms with E-state index >= 15 is 0 Å². The molecule has 28 heavy (non-hydrogen) atoms. The number of nitrogens with one attached hydrogen (secondary N) is 1. The lowest BCUT2D eigenvalue weighted by Gasteiger charge is -2.32. The lowest BCUT2D eigenvalue weighted by molar-refractivity contribution is -0.120. The number of sulfonamides is 1. The number of thiophene rings is 1. The molecule has 148 valence electrons. The van der Waals surface area contributed by atoms with Crippen LogP contribution in [0.15, 0.2) is 34.5 Å². The average Bonchev–Trinajstić information content (AvgIpc) is 3.27. The van der Waals surface area contributed by atoms with E-state index in [2.05, 4.69) is 10.3 Å². The summed E-state index contributed by atoms with van der Waals surface area (Å²) in [5.74, 6) is -0.346. The number of nitrogens with zero attached hydrogens (tertiary/aromatic N) is 2. The van der Waals surface area contributed by atoms with Crippen molar-refractivity contribution in [2.45, 2.75) is 36.4 Å². The summed E-state index contributed by atoms with van der Waals surface area (Å²) < 4.78 is 28.9. The van der Waals surface area contributed by atoms with Crippen LogP contribution in [0.4, 0.5) is 5.13 Å². The van der Waals surface area contributed by atoms with Gasteiger partial charge < -0.3 is 5.32 Å². The van der Waals surface area contributed by atoms with Crippen molar-refractivity contribution in [3.8, 4) is 0 Å². The molecule has 1 fully saturated rings. The number of benzene rings is 1. The maximum Gasteiger partial charge on any atom is 0.253 e. The number of piperidine rings is 1. The van der Waals surface area contributed by atoms with Gasteiger partial charge in [0.2, 0.25) is 5.91 Å². The van der Waals surface area contributed by atoms with E-state index in [0.29, 0.717) is 22.4 Å². The van der Waals surface area contributed by atoms with E-state index in [-0.39, 0.29) is 10.1 Å². The van der Waals surface area contributed by atoms with Gasteiger partial charge in [-0.1, -0.05) is 35.4 Å². The molecular formula is C18H18ClN3O3S3. The van der Waals surface area contributed by atoms with Gasteiger partial charge in [-0.05, 0) is 49.6 Å². The summed E-state index contributed by atoms with van der Waals surface area (Å²) in [5, 5.41) is 3.30. The van der Waals surface area contributed by atoms with Crippen LogP contribution in [0, 0.1) is 6.92 Å². The van der Waals surface area contributed by atoms with Crippen LogP contribution >= 0.6 is 34.3 Å². The quantitative estimate of drug-likeness (QED) is 0.628. The number of hydrogen-bond donors (Lipinski definition) is 1. The lowest BCUT2D eigenvalue weighted by atomic mass is 10.0. The minimum atomic E-state index is -3.77. The molecule has 1 aliphatic rings. The molecule has 1 unspecified atom stereocenters. The molecule has 0 aliphatic carbocycles. The number of carbonyl (C=O) groups is 1. The number of hydrogen-bond acceptors (Lipinski definition) is 6. The van der Waals surface area contributed by atoms with Crippen molar-refractivity contribution in [2.24, 2.45) is 0 Å². The molecule has 1 aliphatic heterocycles. The molecule has 1 amide bonds. The SMILES string of the molecule is Cc1ccc2nc(NC(=O)C3CCCCN3S(=O)(=O)c3ccc(Cl)s3)sc2c1. The van der Waals surface area contributed by atoms with Crippen LogP contribution in [0.25, 0.3) is 10.2 Å². The molecule has 1 N–H and O–H groups in total. The first-order chi connectivity index (χ1) is 13.3. The molecule has 0 bridgehead atoms. The molecule has 1 atom stereocenters. The van der Waals surface area contributed by atoms with Gasteiger partial charge in [0, 0.05) is 6.54 Å². The second-order valence-electron chi connectivity index (χ2n) is 6.67. The third-order valence-corrected chi connectivity index (χ3v) is 9.18. The molecule has 0 spiro atoms. The van der Waals surface area contributed by atoms with Crippen LogP contribution in [0.1, 0.15) is 24.8 Å². The Morgan fingerprint density at radius 1 is 1.25 bits per heavy atom. The first-order valence-electron chi connectivity index (χ1n) is 8.80. The van der Waals surface area contributed by atoms with E-state index in [1.54, 1.807) is 6.07 Å². The first kappa shape index (κ1) is 19.8. The number of carbonyl (C=O) groups excluding carboxylic acids is 1. The Balaban J connectivity index is 1.59. The number of anilines is 1. The summed E-state index contributed by atoms with van der Waals surface area (Å²) in [6.07, 6.45) is 2.01. The van der Waals surface area contributed by atoms with Crippen LogP contribution in [0.5, 0.6) is 0 Å². The van der Waals surface area contributed by atoms with Gasteiger partial charge in [-0.3, -0.25) is 4.79 Å². The smallest absolute Gasteiger partial charge is 0.253 e. The van der Waals surface area contributed by atoms with Gasteiger partial charge in [0.1, 0.15) is 10.3 Å². The third-order valence-electron chi connectivity index (χ3n) is 4.64. The zero-order valence-corrected chi connectivity index (χ0v) is 18.2. The molecular weight excluding hydrogens is 438 g/mol. The molecule has 10 heteroatoms. The second-order valence-corrected chi connectivity index (χ2v) is 11.5. The van der Waals surface area contributed by atoms with Gasteiger partial charge in [-0.2, -0.15) is 4.31 Å². The Hall–Kier alpha value is -1.52. The maximum absolute atomic E-state index is 13.0. The highest BCUT2D eigenvalue weighted by Crippen LogP contribution is 2.33. The van der Waals surface area contributed by atoms with E-state index in [1.807, 2.05) is 25.1 Å². The first-order valence-corrected chi connectivity index (χ1v) is 12.2. The number of amides is 1. The number of halogens is 1. The van der Waals surface area contributed by atoms with Gasteiger partial charge in [-0.15, -0.1) is 11.3 Å². The highest BCUT2D eigenvalue weighted by Gasteiger charge is 2.38. The molecule has 6 nitrogen and oxygen atoms in total. The van der Waals surface area contributed by atoms with Crippen molar-refractivity contribution in [3.63, 3.8) is 0 Å². The fraction of sp³-hybridized carbons (Fsp3) is 0.333. The number of fused-ring (bicyclic) bond motifs is 1. The Morgan fingerprint density at radius 2 is 2.07 bits per heavy atom. The Kier molecular flexibility index (Phi) is 5.45. The standard InChI is InChI=1S/C18H18ClN3O3S3/c1-11-5-6-12-14(10-11)26-18(20-12)21-17(23)13-4-2-3-9-22(13)28(24,25)16-8-7-15(19)27-16/h5-8,10,13H,2-4,9H2,1H3,(H,20,21,23). The Morgan fingerprint density at radius 3 is 2.82 bits per heavy atom. The molecule has 0 radical (unpaired) electrons. The minimum Gasteiger partial charge on any atom is -0.301 e. The van der Waals surface area contributed by atoms with Gasteiger partial charge >= 0.3 is 0 Å². The predicted octanol–water partition coefficient (Wildman–Crippen LogP) is 4.50. The molecule has 4 rings (SSSR count). The molecule has 2 aromatic heterocycles. The van der Waals surface area contributed by atoms with Gasteiger partial charge in [0.25, 0.3) is 10.0 Å². The summed E-state index contributed by atoms with van der Waals surface area (Å²) in [5.41, 5.74) is 1.93. The summed E-state index contributed by atoms with van der Waals surface area (Å²) in [6.45, 7) is 2.31. The minimum absolute atomic E-state index is 0.160. The number of thiazole rings is 1. The third kappa shape index (κ3) is 3.81. The monoisotopic (exact) mass is 455 g/mol. The van der Waals surface area contributed by atoms with E-state index in [4.69, 9.17) is 11.6 Å². The van der Waals surface area contributed by atoms with Gasteiger partial charge in [0.05, 0.1) is 14.6 Å². The van der Waals surface area contributed by atoms with Gasteiger partial charge in [-0.25, -0.2) is 13.4 Å². The van der Waals surface area contributed by atoms with Crippen molar-refractivity contribution in [3.05, 3.63) is 40.2 Å². The topological polar surface area (TPSA) is 79.4 Å². The van der Waals surface area contributed by atoms with E-state index in [0.717, 1.165) is 40.0 Å². The average molecular weight is 456 g/mol. The number of aryl methyl sites for hydroxylation is 1. The van der Waals surface area contributed by atoms with Crippen molar-refractivity contribution in [1.29, 1.82) is 0 Å². The summed E-state index contributed by atoms with van der Waals surface area (Å²) in [6, 6.07) is 8.18. The zero-order valence-electron chi connectivity index (χ0n) is 15.0. The normalized spacial score (nSPS) is 18.4. The van der Waals surface area contributed by atoms with E-state index < -0.39 is 16.1 Å². The number of rotatable bonds is 4. The van der Waals surface area contributed by atoms with Gasteiger partial charge in [0.15, 0.2) is 5.13 Å². The van der Waals surface area contributed by atoms with E-state index in [9.17, 15) is 13.2 Å². The molecule has 1 aromatic carbocycles. The predicted molar refractivity (Wildman–Crippen MR) is 114 cm³/mol. The van der Waals surface area contributed by atoms with E-state index in [1.165, 1.54) is 21.7 Å². The summed E-state index contributed by atoms with van der Waals surface area (Å²) >= 11 is 8.30. The van der Waals surface area contributed by atoms with Crippen LogP contribution in [-0.4, -0.2) is 36.2 Å². The van der Waals surface area contributed by atoms with Crippen molar-refractivity contribution in [1.82, 2.24) is 9.29 Å². The van der Waals surface area contributed by atoms with Crippen LogP contribution in [-0.2, 0) is 14.8 Å². The number of aromatic nitrogens is 1. The highest BCUT2D eigenvalue weighted by molar-refractivity contribution is 7.91. The highest BCUT2D eigenvalue weighted by atomic mass is 35.5. The lowest BCUT2D eigenvalue weighted by Crippen LogP contribution is -2.49. The zero-order chi connectivity index (χ0) is 19.9. The molecule has 3 heterocycles. The summed E-state index contributed by atoms with van der Waals surface area (Å²) in [7, 11) is -3.77. The van der Waals surface area contributed by atoms with Crippen LogP contribution < -0.4 is 5.32 Å². The van der Waals surface area contributed by atoms with Crippen LogP contribution in [0.2, 0.25) is 4.34 Å². The van der Waals surface area contributed by atoms with Crippen molar-refractivity contribution in [2.75, 3.05) is 11.9 Å². The molecule has 3 aromatic rings. The Bertz CT molecular complexity index is 1140.